The van der Waals surface area contributed by atoms with Crippen molar-refractivity contribution >= 4 is 85.8 Å². The maximum absolute atomic E-state index is 14.1. The Morgan fingerprint density at radius 1 is 0.633 bits per heavy atom. The first kappa shape index (κ1) is 38.4. The minimum absolute atomic E-state index is 0.0998. The number of thioether (sulfide) groups is 2. The molecule has 1 aromatic heterocycles. The summed E-state index contributed by atoms with van der Waals surface area (Å²) in [4.78, 5) is 45.8. The number of nitrogens with one attached hydrogen (secondary N) is 1. The summed E-state index contributed by atoms with van der Waals surface area (Å²) >= 11 is 2.69. The molecule has 0 bridgehead atoms. The van der Waals surface area contributed by atoms with E-state index in [-0.39, 0.29) is 11.8 Å². The van der Waals surface area contributed by atoms with Gasteiger partial charge < -0.3 is 14.5 Å². The molecule has 2 amide bonds. The summed E-state index contributed by atoms with van der Waals surface area (Å²) in [6, 6.07) is 48.7. The van der Waals surface area contributed by atoms with Gasteiger partial charge in [-0.3, -0.25) is 19.4 Å². The topological polar surface area (TPSA) is 99.6 Å². The lowest BCUT2D eigenvalue weighted by atomic mass is 10.0. The molecule has 7 aromatic rings. The maximum Gasteiger partial charge on any atom is 0.271 e. The van der Waals surface area contributed by atoms with Crippen LogP contribution in [0.2, 0.25) is 0 Å². The number of H-pyrrole nitrogens is 1. The summed E-state index contributed by atoms with van der Waals surface area (Å²) in [5.74, 6) is 1.08. The number of aromatic amines is 1. The molecule has 2 saturated heterocycles. The Balaban J connectivity index is 1.04. The van der Waals surface area contributed by atoms with Crippen molar-refractivity contribution in [3.05, 3.63) is 184 Å². The Kier molecular flexibility index (Phi) is 10.9. The number of nitrogens with zero attached hydrogens (tertiary/aromatic N) is 4. The molecule has 0 atom stereocenters. The van der Waals surface area contributed by atoms with Crippen LogP contribution in [0.4, 0.5) is 17.1 Å². The van der Waals surface area contributed by atoms with Crippen molar-refractivity contribution in [2.75, 3.05) is 19.1 Å². The van der Waals surface area contributed by atoms with Gasteiger partial charge in [-0.25, -0.2) is 9.98 Å². The van der Waals surface area contributed by atoms with E-state index in [1.54, 1.807) is 24.0 Å². The molecule has 1 N–H and O–H groups in total. The van der Waals surface area contributed by atoms with E-state index in [2.05, 4.69) is 11.1 Å². The Morgan fingerprint density at radius 3 is 2.08 bits per heavy atom. The third kappa shape index (κ3) is 8.13. The number of fused-ring (bicyclic) bond motifs is 1. The first-order valence-electron chi connectivity index (χ1n) is 19.1. The number of hydrogen-bond donors (Lipinski definition) is 1. The number of carbonyl (C=O) groups is 2. The van der Waals surface area contributed by atoms with Crippen LogP contribution in [0.1, 0.15) is 16.7 Å². The molecule has 11 heteroatoms. The number of hydrogen-bond acceptors (Lipinski definition) is 8. The summed E-state index contributed by atoms with van der Waals surface area (Å²) in [6.07, 6.45) is 5.72. The Bertz CT molecular complexity index is 2870. The fraction of sp³-hybridized carbons (Fsp3) is 0.0612. The molecule has 0 unspecified atom stereocenters. The first-order chi connectivity index (χ1) is 29.4. The zero-order chi connectivity index (χ0) is 41.0. The first-order valence-corrected chi connectivity index (χ1v) is 20.8. The van der Waals surface area contributed by atoms with Gasteiger partial charge in [0.15, 0.2) is 10.3 Å². The highest BCUT2D eigenvalue weighted by Gasteiger charge is 2.35. The van der Waals surface area contributed by atoms with E-state index >= 15 is 0 Å². The molecule has 2 aliphatic rings. The van der Waals surface area contributed by atoms with Crippen molar-refractivity contribution in [3.8, 4) is 22.6 Å². The molecule has 0 saturated carbocycles. The lowest BCUT2D eigenvalue weighted by Crippen LogP contribution is -2.28. The largest absolute Gasteiger partial charge is 0.497 e. The van der Waals surface area contributed by atoms with E-state index < -0.39 is 0 Å². The number of methoxy groups -OCH3 is 2. The molecule has 0 spiro atoms. The van der Waals surface area contributed by atoms with Gasteiger partial charge in [0.25, 0.3) is 11.8 Å². The van der Waals surface area contributed by atoms with Crippen LogP contribution >= 0.6 is 23.5 Å². The fourth-order valence-corrected chi connectivity index (χ4v) is 8.98. The van der Waals surface area contributed by atoms with E-state index in [0.29, 0.717) is 49.6 Å². The second-order valence-electron chi connectivity index (χ2n) is 13.9. The van der Waals surface area contributed by atoms with Crippen LogP contribution < -0.4 is 14.4 Å². The van der Waals surface area contributed by atoms with Crippen molar-refractivity contribution in [2.24, 2.45) is 9.98 Å². The average Bonchev–Trinajstić information content (AvgIpc) is 3.96. The number of carbonyl (C=O) groups excluding carboxylic acids is 2. The van der Waals surface area contributed by atoms with Gasteiger partial charge in [0.05, 0.1) is 47.6 Å². The number of amides is 2. The van der Waals surface area contributed by atoms with Crippen molar-refractivity contribution in [2.45, 2.75) is 6.54 Å². The highest BCUT2D eigenvalue weighted by atomic mass is 32.2. The third-order valence-electron chi connectivity index (χ3n) is 9.97. The summed E-state index contributed by atoms with van der Waals surface area (Å²) in [6.45, 7) is 0.383. The highest BCUT2D eigenvalue weighted by Crippen LogP contribution is 2.41. The highest BCUT2D eigenvalue weighted by molar-refractivity contribution is 8.19. The van der Waals surface area contributed by atoms with E-state index in [9.17, 15) is 9.59 Å². The summed E-state index contributed by atoms with van der Waals surface area (Å²) in [7, 11) is 3.25. The second-order valence-corrected chi connectivity index (χ2v) is 15.9. The SMILES string of the molecule is COc1ccc(N2C(=O)C(=Cc3ccc(OC)c(-c4cccc(N=C5SC(=Cc6ccc7[nH]ccc7c6)C(=O)N5Cc5ccccc5)c4)c3)SC2=Nc2ccccc2)cc1. The van der Waals surface area contributed by atoms with Crippen molar-refractivity contribution in [1.82, 2.24) is 9.88 Å². The molecule has 60 heavy (non-hydrogen) atoms. The van der Waals surface area contributed by atoms with Gasteiger partial charge in [-0.2, -0.15) is 0 Å². The van der Waals surface area contributed by atoms with Crippen LogP contribution in [-0.4, -0.2) is 46.3 Å². The van der Waals surface area contributed by atoms with Crippen LogP contribution in [-0.2, 0) is 16.1 Å². The van der Waals surface area contributed by atoms with Crippen molar-refractivity contribution in [3.63, 3.8) is 0 Å². The number of para-hydroxylation sites is 1. The molecule has 9 rings (SSSR count). The number of aliphatic imine (C=N–C) groups is 2. The lowest BCUT2D eigenvalue weighted by Gasteiger charge is -2.16. The molecule has 2 aliphatic heterocycles. The summed E-state index contributed by atoms with van der Waals surface area (Å²) in [5, 5.41) is 2.21. The Labute approximate surface area is 355 Å². The molecule has 6 aromatic carbocycles. The Morgan fingerprint density at radius 2 is 1.32 bits per heavy atom. The summed E-state index contributed by atoms with van der Waals surface area (Å²) < 4.78 is 11.2. The van der Waals surface area contributed by atoms with Gasteiger partial charge in [-0.15, -0.1) is 0 Å². The molecule has 0 radical (unpaired) electrons. The minimum Gasteiger partial charge on any atom is -0.497 e. The van der Waals surface area contributed by atoms with Crippen LogP contribution in [0.15, 0.2) is 178 Å². The smallest absolute Gasteiger partial charge is 0.271 e. The summed E-state index contributed by atoms with van der Waals surface area (Å²) in [5.41, 5.74) is 7.60. The predicted octanol–water partition coefficient (Wildman–Crippen LogP) is 11.5. The van der Waals surface area contributed by atoms with Crippen molar-refractivity contribution in [1.29, 1.82) is 0 Å². The Hall–Kier alpha value is -7.08. The van der Waals surface area contributed by atoms with E-state index in [0.717, 1.165) is 44.4 Å². The van der Waals surface area contributed by atoms with E-state index in [1.807, 2.05) is 164 Å². The van der Waals surface area contributed by atoms with Gasteiger partial charge >= 0.3 is 0 Å². The average molecular weight is 824 g/mol. The van der Waals surface area contributed by atoms with Gasteiger partial charge in [0, 0.05) is 17.3 Å². The number of rotatable bonds is 10. The third-order valence-corrected chi connectivity index (χ3v) is 11.9. The quantitative estimate of drug-likeness (QED) is 0.138. The predicted molar refractivity (Wildman–Crippen MR) is 246 cm³/mol. The number of benzene rings is 6. The number of aromatic nitrogens is 1. The molecule has 3 heterocycles. The van der Waals surface area contributed by atoms with Gasteiger partial charge in [0.2, 0.25) is 0 Å². The standard InChI is InChI=1S/C49H37N5O4S2/c1-57-40-20-18-39(19-21-40)54-47(56)45(60-49(54)51-37-13-7-4-8-14-37)29-34-17-23-43(58-2)41(27-34)35-12-9-15-38(30-35)52-48-53(31-32-10-5-3-6-11-32)46(55)44(59-48)28-33-16-22-42-36(26-33)24-25-50-42/h3-30,50H,31H2,1-2H3. The number of amidine groups is 2. The van der Waals surface area contributed by atoms with Gasteiger partial charge in [-0.1, -0.05) is 72.8 Å². The van der Waals surface area contributed by atoms with Crippen LogP contribution in [0, 0.1) is 0 Å². The maximum atomic E-state index is 14.1. The van der Waals surface area contributed by atoms with Crippen LogP contribution in [0.5, 0.6) is 11.5 Å². The zero-order valence-corrected chi connectivity index (χ0v) is 34.2. The zero-order valence-electron chi connectivity index (χ0n) is 32.6. The second kappa shape index (κ2) is 17.0. The minimum atomic E-state index is -0.183. The molecule has 294 valence electrons. The number of ether oxygens (including phenoxy) is 2. The van der Waals surface area contributed by atoms with Gasteiger partial charge in [0.1, 0.15) is 11.5 Å². The molecular formula is C49H37N5O4S2. The molecule has 0 aliphatic carbocycles. The molecule has 2 fully saturated rings. The van der Waals surface area contributed by atoms with Crippen molar-refractivity contribution < 1.29 is 19.1 Å². The van der Waals surface area contributed by atoms with E-state index in [4.69, 9.17) is 19.5 Å². The molecule has 9 nitrogen and oxygen atoms in total. The monoisotopic (exact) mass is 823 g/mol. The fourth-order valence-electron chi connectivity index (χ4n) is 6.98. The van der Waals surface area contributed by atoms with E-state index in [1.165, 1.54) is 23.5 Å². The van der Waals surface area contributed by atoms with Gasteiger partial charge in [-0.05, 0) is 142 Å². The van der Waals surface area contributed by atoms with Crippen LogP contribution in [0.25, 0.3) is 34.2 Å². The normalized spacial score (nSPS) is 16.9. The molecular weight excluding hydrogens is 787 g/mol. The lowest BCUT2D eigenvalue weighted by molar-refractivity contribution is -0.122. The van der Waals surface area contributed by atoms with Crippen LogP contribution in [0.3, 0.4) is 0 Å². The number of anilines is 1.